The van der Waals surface area contributed by atoms with Gasteiger partial charge in [0.05, 0.1) is 19.9 Å². The summed E-state index contributed by atoms with van der Waals surface area (Å²) >= 11 is 0. The van der Waals surface area contributed by atoms with Crippen molar-refractivity contribution in [1.82, 2.24) is 14.7 Å². The van der Waals surface area contributed by atoms with Gasteiger partial charge in [0.1, 0.15) is 11.3 Å². The van der Waals surface area contributed by atoms with Crippen LogP contribution in [0.15, 0.2) is 42.5 Å². The minimum absolute atomic E-state index is 0.168. The van der Waals surface area contributed by atoms with Crippen LogP contribution in [0.5, 0.6) is 5.75 Å². The van der Waals surface area contributed by atoms with Crippen LogP contribution in [0, 0.1) is 11.8 Å². The number of carbonyl (C=O) groups excluding carboxylic acids is 2. The zero-order valence-electron chi connectivity index (χ0n) is 17.4. The third-order valence-corrected chi connectivity index (χ3v) is 5.28. The summed E-state index contributed by atoms with van der Waals surface area (Å²) in [6.45, 7) is 0.458. The lowest BCUT2D eigenvalue weighted by Crippen LogP contribution is -2.37. The number of likely N-dealkylation sites (tertiary alicyclic amines) is 1. The molecule has 1 aromatic heterocycles. The molecule has 8 nitrogen and oxygen atoms in total. The Bertz CT molecular complexity index is 1250. The Morgan fingerprint density at radius 1 is 1.23 bits per heavy atom. The molecular weight excluding hydrogens is 398 g/mol. The molecule has 2 heterocycles. The van der Waals surface area contributed by atoms with E-state index in [9.17, 15) is 14.7 Å². The molecule has 8 heteroatoms. The van der Waals surface area contributed by atoms with E-state index in [1.807, 2.05) is 6.07 Å². The predicted molar refractivity (Wildman–Crippen MR) is 113 cm³/mol. The number of fused-ring (bicyclic) bond motifs is 1. The molecule has 0 radical (unpaired) electrons. The van der Waals surface area contributed by atoms with Crippen LogP contribution in [-0.4, -0.2) is 65.1 Å². The first-order valence-corrected chi connectivity index (χ1v) is 9.63. The van der Waals surface area contributed by atoms with E-state index in [-0.39, 0.29) is 12.1 Å². The van der Waals surface area contributed by atoms with Crippen LogP contribution in [0.4, 0.5) is 0 Å². The Kier molecular flexibility index (Phi) is 5.13. The summed E-state index contributed by atoms with van der Waals surface area (Å²) in [5.41, 5.74) is 0.331. The highest BCUT2D eigenvalue weighted by Crippen LogP contribution is 2.31. The Labute approximate surface area is 179 Å². The number of aliphatic hydroxyl groups is 1. The largest absolute Gasteiger partial charge is 0.494 e. The van der Waals surface area contributed by atoms with Gasteiger partial charge in [0, 0.05) is 31.0 Å². The number of para-hydroxylation sites is 1. The summed E-state index contributed by atoms with van der Waals surface area (Å²) in [5, 5.41) is 15.6. The van der Waals surface area contributed by atoms with Crippen LogP contribution in [-0.2, 0) is 9.53 Å². The number of rotatable bonds is 3. The summed E-state index contributed by atoms with van der Waals surface area (Å²) in [6, 6.07) is 12.5. The highest BCUT2D eigenvalue weighted by molar-refractivity contribution is 6.04. The average molecular weight is 419 g/mol. The number of likely N-dealkylation sites (N-methyl/N-ethyl adjacent to an activating group) is 1. The maximum Gasteiger partial charge on any atom is 0.359 e. The summed E-state index contributed by atoms with van der Waals surface area (Å²) in [5.74, 6) is 5.19. The number of hydrogen-bond acceptors (Lipinski definition) is 6. The van der Waals surface area contributed by atoms with E-state index in [2.05, 4.69) is 16.9 Å². The minimum atomic E-state index is -1.68. The molecule has 0 spiro atoms. The summed E-state index contributed by atoms with van der Waals surface area (Å²) in [4.78, 5) is 25.9. The van der Waals surface area contributed by atoms with Crippen molar-refractivity contribution in [2.75, 3.05) is 27.8 Å². The molecule has 0 unspecified atom stereocenters. The van der Waals surface area contributed by atoms with E-state index in [0.717, 1.165) is 0 Å². The fourth-order valence-corrected chi connectivity index (χ4v) is 3.60. The maximum atomic E-state index is 12.3. The molecule has 1 aliphatic rings. The van der Waals surface area contributed by atoms with Crippen molar-refractivity contribution in [3.8, 4) is 23.3 Å². The number of amides is 1. The molecule has 1 N–H and O–H groups in total. The highest BCUT2D eigenvalue weighted by Gasteiger charge is 2.42. The lowest BCUT2D eigenvalue weighted by Gasteiger charge is -2.13. The first-order chi connectivity index (χ1) is 14.9. The van der Waals surface area contributed by atoms with Gasteiger partial charge < -0.3 is 19.5 Å². The van der Waals surface area contributed by atoms with Crippen LogP contribution in [0.1, 0.15) is 22.5 Å². The molecule has 0 aliphatic carbocycles. The van der Waals surface area contributed by atoms with E-state index >= 15 is 0 Å². The van der Waals surface area contributed by atoms with Crippen molar-refractivity contribution in [3.63, 3.8) is 0 Å². The van der Waals surface area contributed by atoms with Crippen LogP contribution in [0.3, 0.4) is 0 Å². The summed E-state index contributed by atoms with van der Waals surface area (Å²) in [6.07, 6.45) is 0.262. The van der Waals surface area contributed by atoms with Crippen molar-refractivity contribution in [1.29, 1.82) is 0 Å². The second-order valence-corrected chi connectivity index (χ2v) is 7.25. The van der Waals surface area contributed by atoms with Crippen molar-refractivity contribution < 1.29 is 24.2 Å². The van der Waals surface area contributed by atoms with Gasteiger partial charge in [0.15, 0.2) is 5.69 Å². The standard InChI is InChI=1S/C23H21N3O5/c1-25-13-12-23(29,22(25)28)11-10-15-6-4-7-16(14-15)26-20-17(8-5-9-18(20)30-2)19(24-26)21(27)31-3/h4-9,14,29H,12-13H2,1-3H3/t23-/m0/s1. The molecule has 0 bridgehead atoms. The van der Waals surface area contributed by atoms with E-state index in [1.165, 1.54) is 12.0 Å². The topological polar surface area (TPSA) is 93.9 Å². The molecule has 0 saturated carbocycles. The van der Waals surface area contributed by atoms with Crippen molar-refractivity contribution >= 4 is 22.8 Å². The molecule has 4 rings (SSSR count). The number of hydrogen-bond donors (Lipinski definition) is 1. The molecule has 1 aliphatic heterocycles. The quantitative estimate of drug-likeness (QED) is 0.514. The van der Waals surface area contributed by atoms with E-state index in [1.54, 1.807) is 55.2 Å². The lowest BCUT2D eigenvalue weighted by atomic mass is 10.0. The lowest BCUT2D eigenvalue weighted by molar-refractivity contribution is -0.137. The zero-order chi connectivity index (χ0) is 22.2. The van der Waals surface area contributed by atoms with Crippen LogP contribution in [0.2, 0.25) is 0 Å². The molecule has 3 aromatic rings. The number of benzene rings is 2. The van der Waals surface area contributed by atoms with E-state index in [4.69, 9.17) is 9.47 Å². The van der Waals surface area contributed by atoms with Gasteiger partial charge >= 0.3 is 5.97 Å². The van der Waals surface area contributed by atoms with Crippen molar-refractivity contribution in [2.24, 2.45) is 0 Å². The van der Waals surface area contributed by atoms with Gasteiger partial charge in [0.25, 0.3) is 5.91 Å². The third kappa shape index (κ3) is 3.49. The fourth-order valence-electron chi connectivity index (χ4n) is 3.60. The van der Waals surface area contributed by atoms with E-state index in [0.29, 0.717) is 34.4 Å². The Morgan fingerprint density at radius 3 is 2.68 bits per heavy atom. The number of esters is 1. The molecule has 1 atom stereocenters. The zero-order valence-corrected chi connectivity index (χ0v) is 17.4. The third-order valence-electron chi connectivity index (χ3n) is 5.28. The molecule has 2 aromatic carbocycles. The van der Waals surface area contributed by atoms with Gasteiger partial charge in [-0.15, -0.1) is 0 Å². The Balaban J connectivity index is 1.81. The fraction of sp³-hybridized carbons (Fsp3) is 0.261. The second kappa shape index (κ2) is 7.78. The number of carbonyl (C=O) groups is 2. The summed E-state index contributed by atoms with van der Waals surface area (Å²) in [7, 11) is 4.48. The Hall–Kier alpha value is -3.83. The second-order valence-electron chi connectivity index (χ2n) is 7.25. The van der Waals surface area contributed by atoms with Crippen molar-refractivity contribution in [2.45, 2.75) is 12.0 Å². The van der Waals surface area contributed by atoms with E-state index < -0.39 is 17.5 Å². The number of aromatic nitrogens is 2. The van der Waals surface area contributed by atoms with Crippen LogP contribution < -0.4 is 4.74 Å². The molecule has 1 saturated heterocycles. The van der Waals surface area contributed by atoms with Gasteiger partial charge in [-0.1, -0.05) is 30.0 Å². The van der Waals surface area contributed by atoms with Gasteiger partial charge in [0.2, 0.25) is 5.60 Å². The van der Waals surface area contributed by atoms with Gasteiger partial charge in [-0.3, -0.25) is 4.79 Å². The normalized spacial score (nSPS) is 18.1. The minimum Gasteiger partial charge on any atom is -0.494 e. The smallest absolute Gasteiger partial charge is 0.359 e. The molecule has 1 amide bonds. The number of methoxy groups -OCH3 is 2. The van der Waals surface area contributed by atoms with Gasteiger partial charge in [-0.25, -0.2) is 9.48 Å². The molecule has 31 heavy (non-hydrogen) atoms. The SMILES string of the molecule is COC(=O)c1nn(-c2cccc(C#C[C@]3(O)CCN(C)C3=O)c2)c2c(OC)cccc12. The highest BCUT2D eigenvalue weighted by atomic mass is 16.5. The summed E-state index contributed by atoms with van der Waals surface area (Å²) < 4.78 is 11.9. The first-order valence-electron chi connectivity index (χ1n) is 9.63. The molecular formula is C23H21N3O5. The number of ether oxygens (including phenoxy) is 2. The predicted octanol–water partition coefficient (Wildman–Crippen LogP) is 1.77. The number of nitrogens with zero attached hydrogens (tertiary/aromatic N) is 3. The average Bonchev–Trinajstić information content (AvgIpc) is 3.31. The van der Waals surface area contributed by atoms with Crippen LogP contribution >= 0.6 is 0 Å². The molecule has 1 fully saturated rings. The first kappa shape index (κ1) is 20.4. The maximum absolute atomic E-state index is 12.3. The Morgan fingerprint density at radius 2 is 2.00 bits per heavy atom. The van der Waals surface area contributed by atoms with Gasteiger partial charge in [-0.05, 0) is 24.3 Å². The molecule has 158 valence electrons. The monoisotopic (exact) mass is 419 g/mol. The van der Waals surface area contributed by atoms with Crippen molar-refractivity contribution in [3.05, 3.63) is 53.7 Å². The van der Waals surface area contributed by atoms with Crippen LogP contribution in [0.25, 0.3) is 16.6 Å². The van der Waals surface area contributed by atoms with Gasteiger partial charge in [-0.2, -0.15) is 5.10 Å².